The van der Waals surface area contributed by atoms with Crippen LogP contribution in [0.5, 0.6) is 0 Å². The summed E-state index contributed by atoms with van der Waals surface area (Å²) in [6.07, 6.45) is 1.48. The van der Waals surface area contributed by atoms with Gasteiger partial charge in [0.05, 0.1) is 16.7 Å². The number of hydrogen-bond donors (Lipinski definition) is 1. The Bertz CT molecular complexity index is 1010. The van der Waals surface area contributed by atoms with Gasteiger partial charge in [-0.1, -0.05) is 29.5 Å². The zero-order valence-corrected chi connectivity index (χ0v) is 15.9. The van der Waals surface area contributed by atoms with Gasteiger partial charge < -0.3 is 5.32 Å². The number of nitro benzene ring substituents is 1. The van der Waals surface area contributed by atoms with Crippen molar-refractivity contribution in [2.24, 2.45) is 7.05 Å². The molecule has 0 aliphatic carbocycles. The summed E-state index contributed by atoms with van der Waals surface area (Å²) in [5.41, 5.74) is 2.57. The predicted octanol–water partition coefficient (Wildman–Crippen LogP) is 4.35. The second-order valence-corrected chi connectivity index (χ2v) is 7.26. The lowest BCUT2D eigenvalue weighted by Crippen LogP contribution is -2.13. The molecular formula is C19H18N4O3S. The van der Waals surface area contributed by atoms with Crippen molar-refractivity contribution in [2.45, 2.75) is 23.6 Å². The minimum Gasteiger partial charge on any atom is -0.322 e. The largest absolute Gasteiger partial charge is 0.322 e. The van der Waals surface area contributed by atoms with Gasteiger partial charge in [0.1, 0.15) is 0 Å². The van der Waals surface area contributed by atoms with E-state index in [9.17, 15) is 14.9 Å². The van der Waals surface area contributed by atoms with Crippen molar-refractivity contribution in [1.29, 1.82) is 0 Å². The lowest BCUT2D eigenvalue weighted by Gasteiger charge is -2.08. The summed E-state index contributed by atoms with van der Waals surface area (Å²) >= 11 is 1.40. The SMILES string of the molecule is Cc1ccc(Sc2cc(NC(=O)c3cnn(C)c3C)cc([N+](=O)[O-])c2)cc1. The number of hydrogen-bond acceptors (Lipinski definition) is 5. The molecular weight excluding hydrogens is 364 g/mol. The van der Waals surface area contributed by atoms with Crippen molar-refractivity contribution in [2.75, 3.05) is 5.32 Å². The van der Waals surface area contributed by atoms with Gasteiger partial charge in [-0.05, 0) is 32.0 Å². The quantitative estimate of drug-likeness (QED) is 0.523. The zero-order valence-electron chi connectivity index (χ0n) is 15.1. The molecule has 2 aromatic carbocycles. The summed E-state index contributed by atoms with van der Waals surface area (Å²) in [4.78, 5) is 24.9. The number of nitrogens with one attached hydrogen (secondary N) is 1. The molecule has 8 heteroatoms. The lowest BCUT2D eigenvalue weighted by molar-refractivity contribution is -0.385. The van der Waals surface area contributed by atoms with Crippen LogP contribution in [0.1, 0.15) is 21.6 Å². The van der Waals surface area contributed by atoms with Crippen molar-refractivity contribution in [1.82, 2.24) is 9.78 Å². The van der Waals surface area contributed by atoms with E-state index in [0.29, 0.717) is 21.8 Å². The first kappa shape index (κ1) is 18.7. The number of amides is 1. The van der Waals surface area contributed by atoms with E-state index in [4.69, 9.17) is 0 Å². The summed E-state index contributed by atoms with van der Waals surface area (Å²) in [5.74, 6) is -0.354. The molecule has 0 bridgehead atoms. The molecule has 0 saturated heterocycles. The third-order valence-corrected chi connectivity index (χ3v) is 5.08. The van der Waals surface area contributed by atoms with Crippen molar-refractivity contribution >= 4 is 29.0 Å². The maximum Gasteiger partial charge on any atom is 0.272 e. The maximum atomic E-state index is 12.5. The maximum absolute atomic E-state index is 12.5. The van der Waals surface area contributed by atoms with Crippen molar-refractivity contribution in [3.63, 3.8) is 0 Å². The van der Waals surface area contributed by atoms with E-state index in [1.54, 1.807) is 24.7 Å². The number of nitrogens with zero attached hydrogens (tertiary/aromatic N) is 3. The van der Waals surface area contributed by atoms with Crippen LogP contribution >= 0.6 is 11.8 Å². The number of rotatable bonds is 5. The normalized spacial score (nSPS) is 10.6. The van der Waals surface area contributed by atoms with Crippen molar-refractivity contribution in [3.8, 4) is 0 Å². The van der Waals surface area contributed by atoms with Gasteiger partial charge in [-0.3, -0.25) is 19.6 Å². The van der Waals surface area contributed by atoms with E-state index in [1.807, 2.05) is 31.2 Å². The molecule has 0 radical (unpaired) electrons. The summed E-state index contributed by atoms with van der Waals surface area (Å²) < 4.78 is 1.60. The summed E-state index contributed by atoms with van der Waals surface area (Å²) in [5, 5.41) is 18.1. The number of nitro groups is 1. The third kappa shape index (κ3) is 4.35. The van der Waals surface area contributed by atoms with E-state index in [-0.39, 0.29) is 11.6 Å². The highest BCUT2D eigenvalue weighted by Crippen LogP contribution is 2.33. The molecule has 3 rings (SSSR count). The Balaban J connectivity index is 1.89. The van der Waals surface area contributed by atoms with Gasteiger partial charge in [-0.15, -0.1) is 0 Å². The molecule has 0 aliphatic heterocycles. The fourth-order valence-electron chi connectivity index (χ4n) is 2.48. The summed E-state index contributed by atoms with van der Waals surface area (Å²) in [7, 11) is 1.75. The molecule has 3 aromatic rings. The fraction of sp³-hybridized carbons (Fsp3) is 0.158. The third-order valence-electron chi connectivity index (χ3n) is 4.10. The van der Waals surface area contributed by atoms with Gasteiger partial charge in [0, 0.05) is 40.4 Å². The molecule has 1 heterocycles. The molecule has 0 fully saturated rings. The molecule has 1 N–H and O–H groups in total. The Morgan fingerprint density at radius 1 is 1.15 bits per heavy atom. The Morgan fingerprint density at radius 2 is 1.85 bits per heavy atom. The van der Waals surface area contributed by atoms with Gasteiger partial charge in [0.25, 0.3) is 11.6 Å². The van der Waals surface area contributed by atoms with Gasteiger partial charge in [0.2, 0.25) is 0 Å². The van der Waals surface area contributed by atoms with Crippen LogP contribution in [0.3, 0.4) is 0 Å². The van der Waals surface area contributed by atoms with Crippen LogP contribution in [0.4, 0.5) is 11.4 Å². The minimum atomic E-state index is -0.468. The highest BCUT2D eigenvalue weighted by Gasteiger charge is 2.16. The van der Waals surface area contributed by atoms with E-state index >= 15 is 0 Å². The molecule has 0 spiro atoms. The summed E-state index contributed by atoms with van der Waals surface area (Å²) in [6.45, 7) is 3.78. The average Bonchev–Trinajstić information content (AvgIpc) is 2.96. The Kier molecular flexibility index (Phi) is 5.27. The van der Waals surface area contributed by atoms with Crippen LogP contribution < -0.4 is 5.32 Å². The number of aromatic nitrogens is 2. The van der Waals surface area contributed by atoms with Gasteiger partial charge >= 0.3 is 0 Å². The van der Waals surface area contributed by atoms with E-state index in [0.717, 1.165) is 10.5 Å². The van der Waals surface area contributed by atoms with Crippen molar-refractivity contribution < 1.29 is 9.72 Å². The number of aryl methyl sites for hydroxylation is 2. The van der Waals surface area contributed by atoms with Crippen LogP contribution in [-0.2, 0) is 7.05 Å². The predicted molar refractivity (Wildman–Crippen MR) is 104 cm³/mol. The molecule has 1 aromatic heterocycles. The van der Waals surface area contributed by atoms with Crippen LogP contribution in [-0.4, -0.2) is 20.6 Å². The number of non-ortho nitro benzene ring substituents is 1. The van der Waals surface area contributed by atoms with Gasteiger partial charge in [-0.25, -0.2) is 0 Å². The first-order valence-electron chi connectivity index (χ1n) is 8.17. The zero-order chi connectivity index (χ0) is 19.6. The number of benzene rings is 2. The molecule has 7 nitrogen and oxygen atoms in total. The Morgan fingerprint density at radius 3 is 2.44 bits per heavy atom. The number of anilines is 1. The minimum absolute atomic E-state index is 0.0784. The topological polar surface area (TPSA) is 90.1 Å². The van der Waals surface area contributed by atoms with Crippen LogP contribution in [0.25, 0.3) is 0 Å². The summed E-state index contributed by atoms with van der Waals surface area (Å²) in [6, 6.07) is 12.4. The highest BCUT2D eigenvalue weighted by atomic mass is 32.2. The monoisotopic (exact) mass is 382 g/mol. The molecule has 138 valence electrons. The van der Waals surface area contributed by atoms with E-state index in [2.05, 4.69) is 10.4 Å². The van der Waals surface area contributed by atoms with E-state index < -0.39 is 4.92 Å². The Hall–Kier alpha value is -3.13. The highest BCUT2D eigenvalue weighted by molar-refractivity contribution is 7.99. The first-order chi connectivity index (χ1) is 12.8. The number of carbonyl (C=O) groups is 1. The molecule has 0 aliphatic rings. The second kappa shape index (κ2) is 7.63. The molecule has 1 amide bonds. The lowest BCUT2D eigenvalue weighted by atomic mass is 10.2. The molecule has 0 saturated carbocycles. The Labute approximate surface area is 160 Å². The fourth-order valence-corrected chi connectivity index (χ4v) is 3.39. The number of carbonyl (C=O) groups excluding carboxylic acids is 1. The smallest absolute Gasteiger partial charge is 0.272 e. The molecule has 0 unspecified atom stereocenters. The molecule has 0 atom stereocenters. The first-order valence-corrected chi connectivity index (χ1v) is 8.99. The van der Waals surface area contributed by atoms with Gasteiger partial charge in [0.15, 0.2) is 0 Å². The van der Waals surface area contributed by atoms with Gasteiger partial charge in [-0.2, -0.15) is 5.10 Å². The second-order valence-electron chi connectivity index (χ2n) is 6.11. The average molecular weight is 382 g/mol. The van der Waals surface area contributed by atoms with Crippen molar-refractivity contribution in [3.05, 3.63) is 75.6 Å². The van der Waals surface area contributed by atoms with E-state index in [1.165, 1.54) is 30.1 Å². The van der Waals surface area contributed by atoms with Crippen LogP contribution in [0.2, 0.25) is 0 Å². The van der Waals surface area contributed by atoms with Crippen LogP contribution in [0.15, 0.2) is 58.5 Å². The standard InChI is InChI=1S/C19H18N4O3S/c1-12-4-6-16(7-5-12)27-17-9-14(8-15(10-17)23(25)26)21-19(24)18-11-20-22(3)13(18)2/h4-11H,1-3H3,(H,21,24). The molecule has 27 heavy (non-hydrogen) atoms. The van der Waals surface area contributed by atoms with Crippen LogP contribution in [0, 0.1) is 24.0 Å².